The number of hydrogen-bond donors (Lipinski definition) is 5. The summed E-state index contributed by atoms with van der Waals surface area (Å²) >= 11 is 5.99. The van der Waals surface area contributed by atoms with E-state index in [2.05, 4.69) is 0 Å². The van der Waals surface area contributed by atoms with Crippen molar-refractivity contribution in [1.29, 1.82) is 0 Å². The summed E-state index contributed by atoms with van der Waals surface area (Å²) in [5, 5.41) is 35.7. The minimum Gasteiger partial charge on any atom is -0.508 e. The number of amides is 1. The van der Waals surface area contributed by atoms with Gasteiger partial charge >= 0.3 is 12.1 Å². The molecule has 6 N–H and O–H groups in total. The Labute approximate surface area is 179 Å². The van der Waals surface area contributed by atoms with Gasteiger partial charge in [0.2, 0.25) is 0 Å². The molecule has 2 atom stereocenters. The van der Waals surface area contributed by atoms with Crippen LogP contribution in [0.5, 0.6) is 5.75 Å². The first-order valence-corrected chi connectivity index (χ1v) is 9.41. The number of aliphatic hydroxyl groups excluding tert-OH is 2. The number of piperidine rings is 1. The van der Waals surface area contributed by atoms with E-state index in [-0.39, 0.29) is 22.3 Å². The number of nitrogens with two attached hydrogens (primary N) is 1. The third-order valence-corrected chi connectivity index (χ3v) is 5.11. The number of carboxylic acids is 1. The monoisotopic (exact) mass is 474 g/mol. The van der Waals surface area contributed by atoms with Crippen molar-refractivity contribution in [1.82, 2.24) is 4.90 Å². The molecule has 13 heteroatoms. The molecule has 0 radical (unpaired) electrons. The molecule has 2 rings (SSSR count). The molecule has 1 heterocycles. The summed E-state index contributed by atoms with van der Waals surface area (Å²) in [6.07, 6.45) is -5.30. The Morgan fingerprint density at radius 3 is 2.19 bits per heavy atom. The number of aromatic hydroxyl groups is 1. The van der Waals surface area contributed by atoms with Crippen LogP contribution in [0.1, 0.15) is 30.0 Å². The van der Waals surface area contributed by atoms with E-state index in [4.69, 9.17) is 32.3 Å². The van der Waals surface area contributed by atoms with Gasteiger partial charge in [0.1, 0.15) is 12.4 Å². The summed E-state index contributed by atoms with van der Waals surface area (Å²) in [4.78, 5) is 22.2. The van der Waals surface area contributed by atoms with Crippen molar-refractivity contribution in [2.75, 3.05) is 19.7 Å². The molecule has 1 fully saturated rings. The molecule has 2 unspecified atom stereocenters. The molecule has 1 aliphatic heterocycles. The summed E-state index contributed by atoms with van der Waals surface area (Å²) in [5.74, 6) is -3.33. The molecular weight excluding hydrogens is 452 g/mol. The van der Waals surface area contributed by atoms with E-state index in [1.54, 1.807) is 0 Å². The van der Waals surface area contributed by atoms with Crippen LogP contribution in [0.25, 0.3) is 0 Å². The molecule has 0 spiro atoms. The van der Waals surface area contributed by atoms with Gasteiger partial charge in [0, 0.05) is 35.3 Å². The van der Waals surface area contributed by atoms with Crippen molar-refractivity contribution in [3.63, 3.8) is 0 Å². The molecule has 1 amide bonds. The average Bonchev–Trinajstić information content (AvgIpc) is 2.73. The lowest BCUT2D eigenvalue weighted by Crippen LogP contribution is -2.46. The van der Waals surface area contributed by atoms with E-state index in [0.717, 1.165) is 0 Å². The SMILES string of the molecule is NC(c1cc(Cl)c(CF)cc1O)C1CCN(C(=O)C(O)CO)CC1.O=C(O)C(F)(F)F. The van der Waals surface area contributed by atoms with E-state index in [0.29, 0.717) is 31.5 Å². The van der Waals surface area contributed by atoms with Gasteiger partial charge in [-0.25, -0.2) is 9.18 Å². The van der Waals surface area contributed by atoms with Crippen LogP contribution in [0.2, 0.25) is 5.02 Å². The molecule has 1 aromatic rings. The number of likely N-dealkylation sites (tertiary alicyclic amines) is 1. The average molecular weight is 475 g/mol. The van der Waals surface area contributed by atoms with Crippen LogP contribution in [0.15, 0.2) is 12.1 Å². The van der Waals surface area contributed by atoms with Gasteiger partial charge in [-0.1, -0.05) is 11.6 Å². The molecule has 0 saturated carbocycles. The number of nitrogens with zero attached hydrogens (tertiary/aromatic N) is 1. The Hall–Kier alpha value is -2.15. The van der Waals surface area contributed by atoms with Gasteiger partial charge in [0.05, 0.1) is 6.61 Å². The van der Waals surface area contributed by atoms with Crippen molar-refractivity contribution in [3.8, 4) is 5.75 Å². The van der Waals surface area contributed by atoms with Crippen molar-refractivity contribution in [2.24, 2.45) is 11.7 Å². The Morgan fingerprint density at radius 2 is 1.77 bits per heavy atom. The van der Waals surface area contributed by atoms with Gasteiger partial charge in [-0.05, 0) is 30.9 Å². The topological polar surface area (TPSA) is 144 Å². The van der Waals surface area contributed by atoms with Gasteiger partial charge in [-0.15, -0.1) is 0 Å². The summed E-state index contributed by atoms with van der Waals surface area (Å²) in [6.45, 7) is -0.558. The van der Waals surface area contributed by atoms with Crippen molar-refractivity contribution >= 4 is 23.5 Å². The number of alkyl halides is 4. The highest BCUT2D eigenvalue weighted by atomic mass is 35.5. The number of hydrogen-bond acceptors (Lipinski definition) is 6. The molecule has 0 aliphatic carbocycles. The van der Waals surface area contributed by atoms with Crippen molar-refractivity contribution in [2.45, 2.75) is 37.8 Å². The number of benzene rings is 1. The minimum atomic E-state index is -5.08. The normalized spacial score (nSPS) is 16.8. The number of carbonyl (C=O) groups excluding carboxylic acids is 1. The molecule has 1 aliphatic rings. The van der Waals surface area contributed by atoms with Crippen LogP contribution in [0, 0.1) is 5.92 Å². The Balaban J connectivity index is 0.000000592. The van der Waals surface area contributed by atoms with Crippen LogP contribution >= 0.6 is 11.6 Å². The summed E-state index contributed by atoms with van der Waals surface area (Å²) in [6, 6.07) is 2.29. The maximum absolute atomic E-state index is 12.8. The van der Waals surface area contributed by atoms with E-state index in [1.165, 1.54) is 17.0 Å². The molecule has 0 bridgehead atoms. The van der Waals surface area contributed by atoms with Gasteiger partial charge in [-0.3, -0.25) is 4.79 Å². The van der Waals surface area contributed by atoms with Crippen LogP contribution in [0.4, 0.5) is 17.6 Å². The predicted molar refractivity (Wildman–Crippen MR) is 101 cm³/mol. The molecule has 176 valence electrons. The number of aliphatic carboxylic acids is 1. The molecule has 1 saturated heterocycles. The minimum absolute atomic E-state index is 0.0125. The van der Waals surface area contributed by atoms with Gasteiger partial charge in [0.25, 0.3) is 5.91 Å². The summed E-state index contributed by atoms with van der Waals surface area (Å²) in [5.41, 5.74) is 6.90. The van der Waals surface area contributed by atoms with E-state index in [9.17, 15) is 32.6 Å². The highest BCUT2D eigenvalue weighted by Gasteiger charge is 2.38. The highest BCUT2D eigenvalue weighted by Crippen LogP contribution is 2.36. The van der Waals surface area contributed by atoms with Gasteiger partial charge < -0.3 is 31.1 Å². The van der Waals surface area contributed by atoms with Crippen LogP contribution in [-0.4, -0.2) is 69.2 Å². The maximum Gasteiger partial charge on any atom is 0.490 e. The number of phenolic OH excluding ortho intramolecular Hbond substituents is 1. The molecular formula is C18H23ClF4N2O6. The second-order valence-electron chi connectivity index (χ2n) is 6.83. The van der Waals surface area contributed by atoms with Crippen LogP contribution < -0.4 is 5.73 Å². The maximum atomic E-state index is 12.8. The van der Waals surface area contributed by atoms with Crippen LogP contribution in [0.3, 0.4) is 0 Å². The lowest BCUT2D eigenvalue weighted by molar-refractivity contribution is -0.192. The van der Waals surface area contributed by atoms with Gasteiger partial charge in [-0.2, -0.15) is 13.2 Å². The lowest BCUT2D eigenvalue weighted by Gasteiger charge is -2.35. The molecule has 31 heavy (non-hydrogen) atoms. The third-order valence-electron chi connectivity index (χ3n) is 4.76. The molecule has 8 nitrogen and oxygen atoms in total. The number of phenols is 1. The Morgan fingerprint density at radius 1 is 1.26 bits per heavy atom. The smallest absolute Gasteiger partial charge is 0.490 e. The fourth-order valence-corrected chi connectivity index (χ4v) is 3.23. The fourth-order valence-electron chi connectivity index (χ4n) is 3.01. The number of aliphatic hydroxyl groups is 2. The molecule has 1 aromatic carbocycles. The zero-order valence-electron chi connectivity index (χ0n) is 16.1. The van der Waals surface area contributed by atoms with E-state index >= 15 is 0 Å². The summed E-state index contributed by atoms with van der Waals surface area (Å²) in [7, 11) is 0. The zero-order chi connectivity index (χ0) is 23.9. The largest absolute Gasteiger partial charge is 0.508 e. The zero-order valence-corrected chi connectivity index (χ0v) is 16.9. The highest BCUT2D eigenvalue weighted by molar-refractivity contribution is 6.31. The number of carbonyl (C=O) groups is 2. The first-order chi connectivity index (χ1) is 14.3. The number of rotatable bonds is 5. The first kappa shape index (κ1) is 26.9. The van der Waals surface area contributed by atoms with Gasteiger partial charge in [0.15, 0.2) is 6.10 Å². The number of halogens is 5. The van der Waals surface area contributed by atoms with Crippen molar-refractivity contribution in [3.05, 3.63) is 28.3 Å². The molecule has 0 aromatic heterocycles. The predicted octanol–water partition coefficient (Wildman–Crippen LogP) is 1.74. The second kappa shape index (κ2) is 11.5. The van der Waals surface area contributed by atoms with E-state index < -0.39 is 43.5 Å². The standard InChI is InChI=1S/C16H22ClFN2O4.C2HF3O2/c17-12-6-11(13(22)5-10(12)7-18)15(19)9-1-3-20(4-2-9)16(24)14(23)8-21;3-2(4,5)1(6)7/h5-6,9,14-15,21-23H,1-4,7-8,19H2;(H,6,7). The first-order valence-electron chi connectivity index (χ1n) is 9.04. The quantitative estimate of drug-likeness (QED) is 0.409. The third kappa shape index (κ3) is 7.49. The fraction of sp³-hybridized carbons (Fsp3) is 0.556. The van der Waals surface area contributed by atoms with Crippen molar-refractivity contribution < 1.29 is 47.6 Å². The lowest BCUT2D eigenvalue weighted by atomic mass is 9.85. The van der Waals surface area contributed by atoms with E-state index in [1.807, 2.05) is 0 Å². The number of carboxylic acid groups (broad SMARTS) is 1. The summed E-state index contributed by atoms with van der Waals surface area (Å²) < 4.78 is 44.5. The Bertz CT molecular complexity index is 772. The second-order valence-corrected chi connectivity index (χ2v) is 7.23. The van der Waals surface area contributed by atoms with Crippen LogP contribution in [-0.2, 0) is 16.3 Å². The Kier molecular flexibility index (Phi) is 9.94.